The van der Waals surface area contributed by atoms with Gasteiger partial charge in [0.15, 0.2) is 10.7 Å². The number of benzene rings is 1. The molecule has 2 saturated heterocycles. The van der Waals surface area contributed by atoms with Gasteiger partial charge in [0.1, 0.15) is 11.5 Å². The number of sulfonamides is 1. The summed E-state index contributed by atoms with van der Waals surface area (Å²) in [7, 11) is -3.95. The van der Waals surface area contributed by atoms with Crippen LogP contribution in [-0.4, -0.2) is 79.4 Å². The van der Waals surface area contributed by atoms with Crippen LogP contribution in [0.1, 0.15) is 43.2 Å². The van der Waals surface area contributed by atoms with Gasteiger partial charge in [-0.25, -0.2) is 12.8 Å². The van der Waals surface area contributed by atoms with Crippen molar-refractivity contribution >= 4 is 28.1 Å². The molecule has 0 aliphatic carbocycles. The molecule has 0 N–H and O–H groups in total. The Hall–Kier alpha value is -2.56. The summed E-state index contributed by atoms with van der Waals surface area (Å²) in [5, 5.41) is 3.86. The quantitative estimate of drug-likeness (QED) is 0.575. The molecule has 10 heteroatoms. The van der Waals surface area contributed by atoms with Gasteiger partial charge in [0.2, 0.25) is 15.9 Å². The monoisotopic (exact) mass is 504 g/mol. The first-order valence-corrected chi connectivity index (χ1v) is 13.7. The number of aromatic nitrogens is 1. The van der Waals surface area contributed by atoms with E-state index in [0.29, 0.717) is 38.0 Å². The normalized spacial score (nSPS) is 20.5. The van der Waals surface area contributed by atoms with Crippen molar-refractivity contribution in [2.45, 2.75) is 38.0 Å². The summed E-state index contributed by atoms with van der Waals surface area (Å²) in [6.07, 6.45) is 5.25. The molecular weight excluding hydrogens is 471 g/mol. The molecule has 0 saturated carbocycles. The van der Waals surface area contributed by atoms with Gasteiger partial charge in [0, 0.05) is 44.8 Å². The minimum Gasteiger partial charge on any atom is -0.355 e. The van der Waals surface area contributed by atoms with Crippen molar-refractivity contribution in [3.8, 4) is 0 Å². The van der Waals surface area contributed by atoms with Crippen molar-refractivity contribution in [2.24, 2.45) is 5.92 Å². The van der Waals surface area contributed by atoms with Gasteiger partial charge < -0.3 is 9.42 Å². The average Bonchev–Trinajstić information content (AvgIpc) is 3.25. The van der Waals surface area contributed by atoms with Crippen molar-refractivity contribution in [3.05, 3.63) is 47.1 Å². The maximum absolute atomic E-state index is 14.0. The molecule has 8 nitrogen and oxygen atoms in total. The fraction of sp³-hybridized carbons (Fsp3) is 0.520. The molecule has 4 rings (SSSR count). The van der Waals surface area contributed by atoms with Gasteiger partial charge in [-0.3, -0.25) is 9.69 Å². The van der Waals surface area contributed by atoms with Gasteiger partial charge in [0.25, 0.3) is 0 Å². The Kier molecular flexibility index (Phi) is 8.03. The second-order valence-electron chi connectivity index (χ2n) is 9.19. The topological polar surface area (TPSA) is 87.0 Å². The number of carbonyl (C=O) groups excluding carboxylic acids is 1. The van der Waals surface area contributed by atoms with Gasteiger partial charge in [-0.15, -0.1) is 0 Å². The van der Waals surface area contributed by atoms with E-state index in [9.17, 15) is 17.6 Å². The lowest BCUT2D eigenvalue weighted by molar-refractivity contribution is -0.138. The zero-order chi connectivity index (χ0) is 25.0. The maximum atomic E-state index is 14.0. The summed E-state index contributed by atoms with van der Waals surface area (Å²) in [6.45, 7) is 8.28. The number of amides is 1. The van der Waals surface area contributed by atoms with Gasteiger partial charge in [-0.1, -0.05) is 30.3 Å². The van der Waals surface area contributed by atoms with Gasteiger partial charge >= 0.3 is 0 Å². The van der Waals surface area contributed by atoms with Crippen LogP contribution in [0.5, 0.6) is 0 Å². The standard InChI is InChI=1S/C25H33FN4O4S/c1-3-12-28-14-16-29(17-15-28)25(31)21-8-6-13-30(18-21)35(32,33)24-19(2)27-34-23(24)11-10-20-7-4-5-9-22(20)26/h4-5,7,9-11,21H,3,6,8,12-18H2,1-2H3/b11-10+/t21-/m0/s1. The minimum atomic E-state index is -3.95. The van der Waals surface area contributed by atoms with Crippen molar-refractivity contribution in [1.82, 2.24) is 19.3 Å². The number of rotatable bonds is 7. The van der Waals surface area contributed by atoms with Crippen molar-refractivity contribution in [2.75, 3.05) is 45.8 Å². The van der Waals surface area contributed by atoms with Crippen LogP contribution < -0.4 is 0 Å². The van der Waals surface area contributed by atoms with Crippen LogP contribution in [-0.2, 0) is 14.8 Å². The Morgan fingerprint density at radius 1 is 1.17 bits per heavy atom. The highest BCUT2D eigenvalue weighted by Gasteiger charge is 2.38. The number of hydrogen-bond donors (Lipinski definition) is 0. The number of aryl methyl sites for hydroxylation is 1. The highest BCUT2D eigenvalue weighted by atomic mass is 32.2. The predicted molar refractivity (Wildman–Crippen MR) is 131 cm³/mol. The summed E-state index contributed by atoms with van der Waals surface area (Å²) >= 11 is 0. The third-order valence-electron chi connectivity index (χ3n) is 6.71. The Labute approximate surface area is 206 Å². The summed E-state index contributed by atoms with van der Waals surface area (Å²) in [4.78, 5) is 17.4. The maximum Gasteiger partial charge on any atom is 0.248 e. The highest BCUT2D eigenvalue weighted by molar-refractivity contribution is 7.89. The van der Waals surface area contributed by atoms with Crippen LogP contribution in [0, 0.1) is 18.7 Å². The van der Waals surface area contributed by atoms with E-state index in [1.54, 1.807) is 25.1 Å². The average molecular weight is 505 g/mol. The van der Waals surface area contributed by atoms with Crippen LogP contribution in [0.15, 0.2) is 33.7 Å². The van der Waals surface area contributed by atoms with E-state index in [1.165, 1.54) is 22.5 Å². The first-order chi connectivity index (χ1) is 16.8. The number of piperidine rings is 1. The van der Waals surface area contributed by atoms with E-state index in [2.05, 4.69) is 17.0 Å². The molecule has 1 aromatic heterocycles. The molecule has 0 unspecified atom stereocenters. The summed E-state index contributed by atoms with van der Waals surface area (Å²) in [5.41, 5.74) is 0.547. The van der Waals surface area contributed by atoms with E-state index >= 15 is 0 Å². The molecule has 0 spiro atoms. The highest BCUT2D eigenvalue weighted by Crippen LogP contribution is 2.30. The summed E-state index contributed by atoms with van der Waals surface area (Å²) in [6, 6.07) is 6.20. The van der Waals surface area contributed by atoms with Crippen LogP contribution in [0.4, 0.5) is 4.39 Å². The van der Waals surface area contributed by atoms with E-state index < -0.39 is 15.8 Å². The molecule has 0 bridgehead atoms. The van der Waals surface area contributed by atoms with E-state index in [0.717, 1.165) is 26.1 Å². The third kappa shape index (κ3) is 5.65. The van der Waals surface area contributed by atoms with Crippen LogP contribution in [0.25, 0.3) is 12.2 Å². The Balaban J connectivity index is 1.49. The number of carbonyl (C=O) groups is 1. The largest absolute Gasteiger partial charge is 0.355 e. The molecule has 2 aromatic rings. The lowest BCUT2D eigenvalue weighted by Gasteiger charge is -2.38. The second kappa shape index (κ2) is 11.0. The van der Waals surface area contributed by atoms with Gasteiger partial charge in [-0.05, 0) is 50.9 Å². The summed E-state index contributed by atoms with van der Waals surface area (Å²) < 4.78 is 47.9. The number of piperazine rings is 1. The molecule has 1 atom stereocenters. The second-order valence-corrected chi connectivity index (χ2v) is 11.1. The van der Waals surface area contributed by atoms with Crippen LogP contribution >= 0.6 is 0 Å². The van der Waals surface area contributed by atoms with Crippen molar-refractivity contribution in [3.63, 3.8) is 0 Å². The molecule has 1 aromatic carbocycles. The zero-order valence-corrected chi connectivity index (χ0v) is 21.1. The Morgan fingerprint density at radius 3 is 2.63 bits per heavy atom. The van der Waals surface area contributed by atoms with Crippen molar-refractivity contribution < 1.29 is 22.1 Å². The SMILES string of the molecule is CCCN1CCN(C(=O)[C@H]2CCCN(S(=O)(=O)c3c(C)noc3/C=C/c3ccccc3F)C2)CC1. The fourth-order valence-corrected chi connectivity index (χ4v) is 6.61. The molecule has 190 valence electrons. The minimum absolute atomic E-state index is 0.0303. The van der Waals surface area contributed by atoms with Crippen LogP contribution in [0.3, 0.4) is 0 Å². The molecule has 2 aliphatic rings. The molecule has 0 radical (unpaired) electrons. The van der Waals surface area contributed by atoms with E-state index in [-0.39, 0.29) is 34.7 Å². The molecule has 1 amide bonds. The predicted octanol–water partition coefficient (Wildman–Crippen LogP) is 3.25. The lowest BCUT2D eigenvalue weighted by atomic mass is 9.98. The molecule has 3 heterocycles. The van der Waals surface area contributed by atoms with Crippen LogP contribution in [0.2, 0.25) is 0 Å². The first-order valence-electron chi connectivity index (χ1n) is 12.2. The summed E-state index contributed by atoms with van der Waals surface area (Å²) in [5.74, 6) is -0.708. The molecular formula is C25H33FN4O4S. The number of halogens is 1. The third-order valence-corrected chi connectivity index (χ3v) is 8.73. The smallest absolute Gasteiger partial charge is 0.248 e. The Bertz CT molecular complexity index is 1170. The Morgan fingerprint density at radius 2 is 1.91 bits per heavy atom. The fourth-order valence-electron chi connectivity index (χ4n) is 4.83. The van der Waals surface area contributed by atoms with E-state index in [1.807, 2.05) is 4.90 Å². The molecule has 35 heavy (non-hydrogen) atoms. The molecule has 2 aliphatic heterocycles. The van der Waals surface area contributed by atoms with Gasteiger partial charge in [0.05, 0.1) is 5.92 Å². The number of nitrogens with zero attached hydrogens (tertiary/aromatic N) is 4. The van der Waals surface area contributed by atoms with E-state index in [4.69, 9.17) is 4.52 Å². The van der Waals surface area contributed by atoms with Crippen molar-refractivity contribution in [1.29, 1.82) is 0 Å². The lowest BCUT2D eigenvalue weighted by Crippen LogP contribution is -2.53. The first kappa shape index (κ1) is 25.5. The number of hydrogen-bond acceptors (Lipinski definition) is 6. The van der Waals surface area contributed by atoms with Gasteiger partial charge in [-0.2, -0.15) is 4.31 Å². The zero-order valence-electron chi connectivity index (χ0n) is 20.3. The molecule has 2 fully saturated rings.